The molecule has 4 aliphatic carbocycles. The molecule has 4 aliphatic rings. The van der Waals surface area contributed by atoms with Crippen LogP contribution >= 0.6 is 0 Å². The van der Waals surface area contributed by atoms with Crippen molar-refractivity contribution in [3.63, 3.8) is 0 Å². The van der Waals surface area contributed by atoms with Crippen LogP contribution in [-0.2, 0) is 9.53 Å². The van der Waals surface area contributed by atoms with Crippen LogP contribution in [0.2, 0.25) is 0 Å². The van der Waals surface area contributed by atoms with Gasteiger partial charge < -0.3 is 4.74 Å². The van der Waals surface area contributed by atoms with Crippen LogP contribution in [0.25, 0.3) is 0 Å². The fourth-order valence-corrected chi connectivity index (χ4v) is 7.22. The number of carbonyl (C=O) groups is 2. The van der Waals surface area contributed by atoms with Gasteiger partial charge in [0.25, 0.3) is 0 Å². The van der Waals surface area contributed by atoms with E-state index in [1.54, 1.807) is 13.8 Å². The SMILES string of the molecule is CCOC(=O)NN=C1C=C2C=C[C@H]3[C@@H](CC[C@@]4(C)[C@@H]3CC[C@]4(C)C(C)=O)[C@@]2(C)CC1. The monoisotopic (exact) mass is 412 g/mol. The third-order valence-corrected chi connectivity index (χ3v) is 9.48. The van der Waals surface area contributed by atoms with E-state index < -0.39 is 6.09 Å². The van der Waals surface area contributed by atoms with E-state index in [0.717, 1.165) is 37.8 Å². The van der Waals surface area contributed by atoms with Crippen molar-refractivity contribution in [2.75, 3.05) is 6.61 Å². The molecule has 5 heteroatoms. The number of Topliss-reactive ketones (excluding diaryl/α,β-unsaturated/α-hetero) is 1. The molecule has 1 N–H and O–H groups in total. The van der Waals surface area contributed by atoms with Crippen molar-refractivity contribution < 1.29 is 14.3 Å². The average Bonchev–Trinajstić information content (AvgIpc) is 2.99. The zero-order chi connectivity index (χ0) is 21.7. The highest BCUT2D eigenvalue weighted by Crippen LogP contribution is 2.68. The number of nitrogens with zero attached hydrogens (tertiary/aromatic N) is 1. The first-order valence-electron chi connectivity index (χ1n) is 11.6. The summed E-state index contributed by atoms with van der Waals surface area (Å²) in [6, 6.07) is 0. The summed E-state index contributed by atoms with van der Waals surface area (Å²) in [6.07, 6.45) is 12.8. The number of ketones is 1. The summed E-state index contributed by atoms with van der Waals surface area (Å²) in [5.41, 5.74) is 4.79. The Hall–Kier alpha value is -1.91. The quantitative estimate of drug-likeness (QED) is 0.629. The standard InChI is InChI=1S/C25H36N2O3/c1-6-30-22(29)27-26-18-9-12-23(3)17(15-18)7-8-19-20(23)10-14-25(5)21(19)11-13-24(25,4)16(2)28/h7-8,15,19-21H,6,9-14H2,1-5H3,(H,27,29)/t19-,20+,21+,23-,24+,25-/m0/s1. The van der Waals surface area contributed by atoms with Crippen molar-refractivity contribution in [3.05, 3.63) is 23.8 Å². The van der Waals surface area contributed by atoms with Crippen LogP contribution in [0.3, 0.4) is 0 Å². The predicted molar refractivity (Wildman–Crippen MR) is 118 cm³/mol. The molecule has 0 unspecified atom stereocenters. The van der Waals surface area contributed by atoms with Crippen molar-refractivity contribution in [2.24, 2.45) is 39.1 Å². The smallest absolute Gasteiger partial charge is 0.427 e. The lowest BCUT2D eigenvalue weighted by Gasteiger charge is -2.57. The largest absolute Gasteiger partial charge is 0.449 e. The zero-order valence-electron chi connectivity index (χ0n) is 19.1. The molecule has 0 aromatic carbocycles. The van der Waals surface area contributed by atoms with Crippen molar-refractivity contribution >= 4 is 17.6 Å². The molecule has 0 saturated heterocycles. The van der Waals surface area contributed by atoms with E-state index in [4.69, 9.17) is 4.74 Å². The summed E-state index contributed by atoms with van der Waals surface area (Å²) in [7, 11) is 0. The van der Waals surface area contributed by atoms with Gasteiger partial charge in [-0.2, -0.15) is 5.10 Å². The third kappa shape index (κ3) is 2.99. The molecule has 0 spiro atoms. The molecule has 2 saturated carbocycles. The zero-order valence-corrected chi connectivity index (χ0v) is 19.1. The Balaban J connectivity index is 1.61. The number of rotatable bonds is 3. The predicted octanol–water partition coefficient (Wildman–Crippen LogP) is 5.42. The maximum absolute atomic E-state index is 12.6. The Kier molecular flexibility index (Phi) is 5.22. The number of ether oxygens (including phenoxy) is 1. The Labute approximate surface area is 180 Å². The number of carbonyl (C=O) groups excluding carboxylic acids is 2. The molecular weight excluding hydrogens is 376 g/mol. The van der Waals surface area contributed by atoms with E-state index in [9.17, 15) is 9.59 Å². The first kappa shape index (κ1) is 21.3. The summed E-state index contributed by atoms with van der Waals surface area (Å²) in [6.45, 7) is 10.9. The Bertz CT molecular complexity index is 843. The number of hydrogen-bond acceptors (Lipinski definition) is 4. The second kappa shape index (κ2) is 7.35. The average molecular weight is 413 g/mol. The van der Waals surface area contributed by atoms with E-state index in [1.165, 1.54) is 12.0 Å². The van der Waals surface area contributed by atoms with Gasteiger partial charge in [0, 0.05) is 5.41 Å². The van der Waals surface area contributed by atoms with Gasteiger partial charge >= 0.3 is 6.09 Å². The lowest BCUT2D eigenvalue weighted by molar-refractivity contribution is -0.136. The van der Waals surface area contributed by atoms with Crippen LogP contribution in [0.1, 0.15) is 73.1 Å². The van der Waals surface area contributed by atoms with Gasteiger partial charge in [-0.05, 0) is 92.6 Å². The number of nitrogens with one attached hydrogen (secondary N) is 1. The highest BCUT2D eigenvalue weighted by molar-refractivity contribution is 5.97. The molecule has 2 fully saturated rings. The summed E-state index contributed by atoms with van der Waals surface area (Å²) >= 11 is 0. The summed E-state index contributed by atoms with van der Waals surface area (Å²) in [4.78, 5) is 24.1. The summed E-state index contributed by atoms with van der Waals surface area (Å²) < 4.78 is 4.90. The molecule has 0 aromatic rings. The molecule has 0 heterocycles. The van der Waals surface area contributed by atoms with Crippen LogP contribution < -0.4 is 5.43 Å². The Morgan fingerprint density at radius 1 is 1.17 bits per heavy atom. The molecule has 164 valence electrons. The van der Waals surface area contributed by atoms with Gasteiger partial charge in [0.05, 0.1) is 12.3 Å². The first-order chi connectivity index (χ1) is 14.2. The minimum atomic E-state index is -0.502. The molecule has 0 aromatic heterocycles. The lowest BCUT2D eigenvalue weighted by atomic mass is 9.46. The number of hydrazone groups is 1. The molecule has 1 amide bonds. The molecule has 6 atom stereocenters. The van der Waals surface area contributed by atoms with E-state index in [0.29, 0.717) is 30.1 Å². The highest BCUT2D eigenvalue weighted by atomic mass is 16.5. The minimum absolute atomic E-state index is 0.104. The second-order valence-corrected chi connectivity index (χ2v) is 10.5. The highest BCUT2D eigenvalue weighted by Gasteiger charge is 2.63. The van der Waals surface area contributed by atoms with Gasteiger partial charge in [-0.15, -0.1) is 0 Å². The van der Waals surface area contributed by atoms with Crippen LogP contribution in [0.4, 0.5) is 4.79 Å². The first-order valence-corrected chi connectivity index (χ1v) is 11.6. The van der Waals surface area contributed by atoms with Crippen LogP contribution in [0, 0.1) is 34.0 Å². The minimum Gasteiger partial charge on any atom is -0.449 e. The van der Waals surface area contributed by atoms with Crippen LogP contribution in [0.15, 0.2) is 28.9 Å². The third-order valence-electron chi connectivity index (χ3n) is 9.48. The molecule has 0 bridgehead atoms. The number of hydrogen-bond donors (Lipinski definition) is 1. The molecule has 30 heavy (non-hydrogen) atoms. The maximum Gasteiger partial charge on any atom is 0.427 e. The number of amides is 1. The Morgan fingerprint density at radius 3 is 2.60 bits per heavy atom. The summed E-state index contributed by atoms with van der Waals surface area (Å²) in [5, 5.41) is 4.27. The normalized spacial score (nSPS) is 43.3. The molecule has 5 nitrogen and oxygen atoms in total. The van der Waals surface area contributed by atoms with Gasteiger partial charge in [-0.25, -0.2) is 10.2 Å². The van der Waals surface area contributed by atoms with E-state index in [1.807, 2.05) is 0 Å². The van der Waals surface area contributed by atoms with Gasteiger partial charge in [0.2, 0.25) is 0 Å². The van der Waals surface area contributed by atoms with Crippen molar-refractivity contribution in [1.82, 2.24) is 5.43 Å². The number of allylic oxidation sites excluding steroid dienone is 4. The molecule has 0 aliphatic heterocycles. The molecular formula is C25H36N2O3. The van der Waals surface area contributed by atoms with Gasteiger partial charge in [0.15, 0.2) is 0 Å². The maximum atomic E-state index is 12.6. The summed E-state index contributed by atoms with van der Waals surface area (Å²) in [5.74, 6) is 2.11. The van der Waals surface area contributed by atoms with Crippen molar-refractivity contribution in [3.8, 4) is 0 Å². The van der Waals surface area contributed by atoms with Crippen LogP contribution in [0.5, 0.6) is 0 Å². The Morgan fingerprint density at radius 2 is 1.90 bits per heavy atom. The second-order valence-electron chi connectivity index (χ2n) is 10.5. The van der Waals surface area contributed by atoms with E-state index >= 15 is 0 Å². The van der Waals surface area contributed by atoms with Gasteiger partial charge in [0.1, 0.15) is 5.78 Å². The van der Waals surface area contributed by atoms with Gasteiger partial charge in [-0.3, -0.25) is 4.79 Å². The van der Waals surface area contributed by atoms with Crippen molar-refractivity contribution in [2.45, 2.75) is 73.1 Å². The van der Waals surface area contributed by atoms with Gasteiger partial charge in [-0.1, -0.05) is 32.9 Å². The topological polar surface area (TPSA) is 67.8 Å². The molecule has 0 radical (unpaired) electrons. The van der Waals surface area contributed by atoms with Crippen molar-refractivity contribution in [1.29, 1.82) is 0 Å². The van der Waals surface area contributed by atoms with E-state index in [2.05, 4.69) is 49.5 Å². The van der Waals surface area contributed by atoms with E-state index in [-0.39, 0.29) is 16.2 Å². The van der Waals surface area contributed by atoms with Crippen LogP contribution in [-0.4, -0.2) is 24.2 Å². The molecule has 4 rings (SSSR count). The fourth-order valence-electron chi connectivity index (χ4n) is 7.22. The fraction of sp³-hybridized carbons (Fsp3) is 0.720. The lowest BCUT2D eigenvalue weighted by Crippen LogP contribution is -2.52. The number of fused-ring (bicyclic) bond motifs is 5.